The van der Waals surface area contributed by atoms with Crippen molar-refractivity contribution in [2.45, 2.75) is 45.3 Å². The van der Waals surface area contributed by atoms with E-state index in [1.165, 1.54) is 0 Å². The number of aryl methyl sites for hydroxylation is 2. The third-order valence-corrected chi connectivity index (χ3v) is 4.29. The zero-order valence-corrected chi connectivity index (χ0v) is 12.0. The highest BCUT2D eigenvalue weighted by Gasteiger charge is 2.35. The van der Waals surface area contributed by atoms with E-state index in [1.807, 2.05) is 11.6 Å². The molecule has 0 amide bonds. The third kappa shape index (κ3) is 2.55. The van der Waals surface area contributed by atoms with E-state index in [9.17, 15) is 4.39 Å². The Morgan fingerprint density at radius 3 is 2.82 bits per heavy atom. The number of nitrogens with zero attached hydrogens (tertiary/aromatic N) is 2. The van der Waals surface area contributed by atoms with E-state index in [-0.39, 0.29) is 0 Å². The van der Waals surface area contributed by atoms with Gasteiger partial charge in [0.15, 0.2) is 0 Å². The van der Waals surface area contributed by atoms with Crippen LogP contribution in [0, 0.1) is 0 Å². The van der Waals surface area contributed by atoms with Crippen molar-refractivity contribution in [2.75, 3.05) is 13.1 Å². The summed E-state index contributed by atoms with van der Waals surface area (Å²) in [6.45, 7) is 6.13. The Bertz CT molecular complexity index is 397. The number of halogens is 2. The molecule has 1 N–H and O–H groups in total. The molecule has 96 valence electrons. The molecule has 3 nitrogen and oxygen atoms in total. The summed E-state index contributed by atoms with van der Waals surface area (Å²) in [5, 5.41) is 7.59. The molecule has 2 heterocycles. The normalized spacial score (nSPS) is 24.5. The standard InChI is InChI=1S/C12H19BrFN3/c1-3-9-11(13)10(17(4-2)16-9)7-12(14)5-6-15-8-12/h15H,3-8H2,1-2H3. The van der Waals surface area contributed by atoms with Gasteiger partial charge in [0.25, 0.3) is 0 Å². The van der Waals surface area contributed by atoms with Crippen molar-refractivity contribution < 1.29 is 4.39 Å². The van der Waals surface area contributed by atoms with Gasteiger partial charge >= 0.3 is 0 Å². The van der Waals surface area contributed by atoms with Crippen LogP contribution < -0.4 is 5.32 Å². The van der Waals surface area contributed by atoms with Gasteiger partial charge < -0.3 is 5.32 Å². The van der Waals surface area contributed by atoms with Gasteiger partial charge in [0.1, 0.15) is 5.67 Å². The Labute approximate surface area is 110 Å². The van der Waals surface area contributed by atoms with E-state index in [2.05, 4.69) is 33.3 Å². The highest BCUT2D eigenvalue weighted by molar-refractivity contribution is 9.10. The van der Waals surface area contributed by atoms with Crippen LogP contribution in [0.5, 0.6) is 0 Å². The predicted octanol–water partition coefficient (Wildman–Crippen LogP) is 2.47. The Morgan fingerprint density at radius 2 is 2.29 bits per heavy atom. The van der Waals surface area contributed by atoms with Crippen LogP contribution in [-0.4, -0.2) is 28.5 Å². The van der Waals surface area contributed by atoms with Crippen LogP contribution in [0.1, 0.15) is 31.7 Å². The van der Waals surface area contributed by atoms with Crippen LogP contribution in [0.25, 0.3) is 0 Å². The summed E-state index contributed by atoms with van der Waals surface area (Å²) in [5.41, 5.74) is 0.910. The van der Waals surface area contributed by atoms with E-state index in [1.54, 1.807) is 0 Å². The van der Waals surface area contributed by atoms with E-state index >= 15 is 0 Å². The number of hydrogen-bond acceptors (Lipinski definition) is 2. The minimum atomic E-state index is -1.11. The summed E-state index contributed by atoms with van der Waals surface area (Å²) in [4.78, 5) is 0. The lowest BCUT2D eigenvalue weighted by Crippen LogP contribution is -2.30. The highest BCUT2D eigenvalue weighted by atomic mass is 79.9. The lowest BCUT2D eigenvalue weighted by Gasteiger charge is -2.18. The largest absolute Gasteiger partial charge is 0.313 e. The van der Waals surface area contributed by atoms with Crippen molar-refractivity contribution in [1.29, 1.82) is 0 Å². The first kappa shape index (κ1) is 13.0. The van der Waals surface area contributed by atoms with E-state index < -0.39 is 5.67 Å². The van der Waals surface area contributed by atoms with E-state index in [0.29, 0.717) is 19.4 Å². The molecule has 0 aliphatic carbocycles. The van der Waals surface area contributed by atoms with Crippen molar-refractivity contribution in [1.82, 2.24) is 15.1 Å². The first-order valence-electron chi connectivity index (χ1n) is 6.23. The SMILES string of the molecule is CCc1nn(CC)c(CC2(F)CCNC2)c1Br. The molecule has 5 heteroatoms. The fraction of sp³-hybridized carbons (Fsp3) is 0.750. The van der Waals surface area contributed by atoms with Gasteiger partial charge in [-0.2, -0.15) is 5.10 Å². The average molecular weight is 304 g/mol. The van der Waals surface area contributed by atoms with Crippen molar-refractivity contribution in [2.24, 2.45) is 0 Å². The van der Waals surface area contributed by atoms with Gasteiger partial charge in [0.2, 0.25) is 0 Å². The Hall–Kier alpha value is -0.420. The molecule has 1 saturated heterocycles. The molecule has 1 aliphatic rings. The van der Waals surface area contributed by atoms with Crippen LogP contribution in [0.3, 0.4) is 0 Å². The van der Waals surface area contributed by atoms with Crippen molar-refractivity contribution in [3.05, 3.63) is 15.9 Å². The molecule has 1 aromatic rings. The second-order valence-electron chi connectivity index (χ2n) is 4.63. The van der Waals surface area contributed by atoms with E-state index in [0.717, 1.165) is 35.4 Å². The lowest BCUT2D eigenvalue weighted by molar-refractivity contribution is 0.186. The van der Waals surface area contributed by atoms with Crippen LogP contribution in [-0.2, 0) is 19.4 Å². The number of aromatic nitrogens is 2. The first-order chi connectivity index (χ1) is 8.09. The second-order valence-corrected chi connectivity index (χ2v) is 5.42. The van der Waals surface area contributed by atoms with Crippen LogP contribution >= 0.6 is 15.9 Å². The highest BCUT2D eigenvalue weighted by Crippen LogP contribution is 2.30. The molecule has 0 saturated carbocycles. The van der Waals surface area contributed by atoms with E-state index in [4.69, 9.17) is 0 Å². The van der Waals surface area contributed by atoms with Crippen LogP contribution in [0.2, 0.25) is 0 Å². The summed E-state index contributed by atoms with van der Waals surface area (Å²) >= 11 is 3.56. The number of hydrogen-bond donors (Lipinski definition) is 1. The minimum Gasteiger partial charge on any atom is -0.313 e. The summed E-state index contributed by atoms with van der Waals surface area (Å²) in [7, 11) is 0. The van der Waals surface area contributed by atoms with Crippen molar-refractivity contribution >= 4 is 15.9 Å². The van der Waals surface area contributed by atoms with Crippen molar-refractivity contribution in [3.8, 4) is 0 Å². The Balaban J connectivity index is 2.27. The number of nitrogens with one attached hydrogen (secondary N) is 1. The molecule has 1 aromatic heterocycles. The van der Waals surface area contributed by atoms with Gasteiger partial charge in [-0.25, -0.2) is 4.39 Å². The smallest absolute Gasteiger partial charge is 0.130 e. The molecule has 0 bridgehead atoms. The lowest BCUT2D eigenvalue weighted by atomic mass is 9.98. The zero-order chi connectivity index (χ0) is 12.5. The molecule has 17 heavy (non-hydrogen) atoms. The first-order valence-corrected chi connectivity index (χ1v) is 7.02. The monoisotopic (exact) mass is 303 g/mol. The van der Waals surface area contributed by atoms with Crippen LogP contribution in [0.4, 0.5) is 4.39 Å². The Morgan fingerprint density at radius 1 is 1.53 bits per heavy atom. The maximum absolute atomic E-state index is 14.5. The molecule has 0 radical (unpaired) electrons. The molecule has 0 aromatic carbocycles. The molecule has 1 aliphatic heterocycles. The minimum absolute atomic E-state index is 0.446. The van der Waals surface area contributed by atoms with Gasteiger partial charge in [-0.3, -0.25) is 4.68 Å². The molecule has 0 spiro atoms. The molecule has 1 fully saturated rings. The summed E-state index contributed by atoms with van der Waals surface area (Å²) in [6, 6.07) is 0. The quantitative estimate of drug-likeness (QED) is 0.926. The molecule has 1 unspecified atom stereocenters. The second kappa shape index (κ2) is 5.06. The fourth-order valence-corrected chi connectivity index (χ4v) is 3.05. The maximum Gasteiger partial charge on any atom is 0.130 e. The topological polar surface area (TPSA) is 29.9 Å². The summed E-state index contributed by atoms with van der Waals surface area (Å²) in [5.74, 6) is 0. The van der Waals surface area contributed by atoms with Gasteiger partial charge in [0, 0.05) is 19.5 Å². The summed E-state index contributed by atoms with van der Waals surface area (Å²) < 4.78 is 17.4. The third-order valence-electron chi connectivity index (χ3n) is 3.37. The van der Waals surface area contributed by atoms with Crippen molar-refractivity contribution in [3.63, 3.8) is 0 Å². The fourth-order valence-electron chi connectivity index (χ4n) is 2.35. The number of rotatable bonds is 4. The molecular weight excluding hydrogens is 285 g/mol. The van der Waals surface area contributed by atoms with Gasteiger partial charge in [-0.1, -0.05) is 6.92 Å². The van der Waals surface area contributed by atoms with Gasteiger partial charge in [-0.05, 0) is 42.2 Å². The predicted molar refractivity (Wildman–Crippen MR) is 70.0 cm³/mol. The molecular formula is C12H19BrFN3. The van der Waals surface area contributed by atoms with Gasteiger partial charge in [0.05, 0.1) is 15.9 Å². The maximum atomic E-state index is 14.5. The number of alkyl halides is 1. The molecule has 2 rings (SSSR count). The Kier molecular flexibility index (Phi) is 3.88. The summed E-state index contributed by atoms with van der Waals surface area (Å²) in [6.07, 6.45) is 1.91. The van der Waals surface area contributed by atoms with Gasteiger partial charge in [-0.15, -0.1) is 0 Å². The average Bonchev–Trinajstić information content (AvgIpc) is 2.86. The molecule has 1 atom stereocenters. The zero-order valence-electron chi connectivity index (χ0n) is 10.4. The van der Waals surface area contributed by atoms with Crippen LogP contribution in [0.15, 0.2) is 4.47 Å².